The van der Waals surface area contributed by atoms with Crippen molar-refractivity contribution < 1.29 is 19.2 Å². The van der Waals surface area contributed by atoms with Crippen molar-refractivity contribution in [2.45, 2.75) is 71.3 Å². The van der Waals surface area contributed by atoms with Gasteiger partial charge in [0.1, 0.15) is 12.0 Å². The first-order valence-electron chi connectivity index (χ1n) is 10.9. The molecule has 0 spiro atoms. The highest BCUT2D eigenvalue weighted by Gasteiger charge is 2.46. The van der Waals surface area contributed by atoms with E-state index >= 15 is 0 Å². The van der Waals surface area contributed by atoms with E-state index in [1.54, 1.807) is 19.1 Å². The molecule has 4 rings (SSSR count). The molecule has 0 amide bonds. The Balaban J connectivity index is 1.81. The number of nitro groups is 1. The summed E-state index contributed by atoms with van der Waals surface area (Å²) in [7, 11) is 0. The minimum atomic E-state index is -0.758. The molecular weight excluding hydrogens is 396 g/mol. The number of ether oxygens (including phenoxy) is 1. The molecule has 1 aromatic rings. The van der Waals surface area contributed by atoms with Crippen molar-refractivity contribution in [2.75, 3.05) is 0 Å². The Bertz CT molecular complexity index is 1000. The van der Waals surface area contributed by atoms with E-state index in [9.17, 15) is 19.7 Å². The third-order valence-corrected chi connectivity index (χ3v) is 6.58. The Morgan fingerprint density at radius 1 is 1.23 bits per heavy atom. The normalized spacial score (nSPS) is 25.8. The smallest absolute Gasteiger partial charge is 0.315 e. The zero-order chi connectivity index (χ0) is 22.3. The van der Waals surface area contributed by atoms with Crippen LogP contribution in [0.2, 0.25) is 0 Å². The number of nitro benzene ring substituents is 1. The highest BCUT2D eigenvalue weighted by Crippen LogP contribution is 2.48. The van der Waals surface area contributed by atoms with Crippen molar-refractivity contribution in [2.24, 2.45) is 16.3 Å². The van der Waals surface area contributed by atoms with E-state index in [-0.39, 0.29) is 23.0 Å². The van der Waals surface area contributed by atoms with Gasteiger partial charge in [-0.15, -0.1) is 0 Å². The van der Waals surface area contributed by atoms with Crippen LogP contribution in [-0.4, -0.2) is 28.5 Å². The van der Waals surface area contributed by atoms with Crippen molar-refractivity contribution in [3.63, 3.8) is 0 Å². The van der Waals surface area contributed by atoms with Crippen LogP contribution < -0.4 is 0 Å². The molecule has 1 aliphatic heterocycles. The van der Waals surface area contributed by atoms with Gasteiger partial charge < -0.3 is 4.74 Å². The Morgan fingerprint density at radius 3 is 2.61 bits per heavy atom. The van der Waals surface area contributed by atoms with Gasteiger partial charge >= 0.3 is 5.97 Å². The summed E-state index contributed by atoms with van der Waals surface area (Å²) in [5.41, 5.74) is 2.11. The standard InChI is InChI=1S/C24H28N2O5/c1-14-20(23(28)31-17-9-4-5-10-17)21(15-7-6-8-16(11-15)26(29)30)22-18(25-14)12-24(2,3)13-19(22)27/h6-8,11,17,20-21H,4-5,9-10,12-13H2,1-3H3/t20?,21-/m0/s1. The minimum Gasteiger partial charge on any atom is -0.462 e. The number of Topliss-reactive ketones (excluding diaryl/α,β-unsaturated/α-hetero) is 1. The molecule has 1 aromatic carbocycles. The second-order valence-electron chi connectivity index (χ2n) is 9.71. The molecule has 7 heteroatoms. The number of carbonyl (C=O) groups is 2. The monoisotopic (exact) mass is 424 g/mol. The molecule has 0 bridgehead atoms. The van der Waals surface area contributed by atoms with Crippen LogP contribution in [0.3, 0.4) is 0 Å². The van der Waals surface area contributed by atoms with Crippen LogP contribution in [0.1, 0.15) is 70.8 Å². The molecule has 0 radical (unpaired) electrons. The van der Waals surface area contributed by atoms with Gasteiger partial charge in [0.15, 0.2) is 5.78 Å². The minimum absolute atomic E-state index is 0.0438. The molecule has 1 fully saturated rings. The lowest BCUT2D eigenvalue weighted by atomic mass is 9.67. The van der Waals surface area contributed by atoms with E-state index in [2.05, 4.69) is 0 Å². The van der Waals surface area contributed by atoms with Gasteiger partial charge in [0, 0.05) is 41.5 Å². The van der Waals surface area contributed by atoms with E-state index in [1.165, 1.54) is 12.1 Å². The first-order chi connectivity index (χ1) is 14.7. The van der Waals surface area contributed by atoms with Crippen molar-refractivity contribution in [1.29, 1.82) is 0 Å². The Kier molecular flexibility index (Phi) is 5.54. The van der Waals surface area contributed by atoms with Crippen molar-refractivity contribution in [1.82, 2.24) is 0 Å². The Hall–Kier alpha value is -2.83. The second kappa shape index (κ2) is 8.02. The van der Waals surface area contributed by atoms with E-state index < -0.39 is 22.7 Å². The molecule has 1 heterocycles. The number of non-ortho nitro benzene ring substituents is 1. The fourth-order valence-corrected chi connectivity index (χ4v) is 5.19. The number of allylic oxidation sites excluding steroid dienone is 2. The van der Waals surface area contributed by atoms with Crippen LogP contribution in [0.5, 0.6) is 0 Å². The van der Waals surface area contributed by atoms with Crippen LogP contribution in [0, 0.1) is 21.4 Å². The summed E-state index contributed by atoms with van der Waals surface area (Å²) in [4.78, 5) is 42.2. The number of carbonyl (C=O) groups excluding carboxylic acids is 2. The lowest BCUT2D eigenvalue weighted by molar-refractivity contribution is -0.384. The third kappa shape index (κ3) is 4.18. The predicted molar refractivity (Wildman–Crippen MR) is 116 cm³/mol. The van der Waals surface area contributed by atoms with Gasteiger partial charge in [-0.3, -0.25) is 24.7 Å². The van der Waals surface area contributed by atoms with Crippen LogP contribution in [-0.2, 0) is 14.3 Å². The molecule has 2 atom stereocenters. The lowest BCUT2D eigenvalue weighted by Gasteiger charge is -2.39. The predicted octanol–water partition coefficient (Wildman–Crippen LogP) is 4.90. The van der Waals surface area contributed by atoms with Gasteiger partial charge in [0.25, 0.3) is 5.69 Å². The maximum Gasteiger partial charge on any atom is 0.315 e. The molecule has 164 valence electrons. The summed E-state index contributed by atoms with van der Waals surface area (Å²) < 4.78 is 5.82. The molecule has 0 N–H and O–H groups in total. The van der Waals surface area contributed by atoms with Crippen molar-refractivity contribution in [3.8, 4) is 0 Å². The van der Waals surface area contributed by atoms with Crippen LogP contribution in [0.25, 0.3) is 0 Å². The number of hydrogen-bond acceptors (Lipinski definition) is 6. The van der Waals surface area contributed by atoms with Gasteiger partial charge in [-0.25, -0.2) is 0 Å². The van der Waals surface area contributed by atoms with Crippen LogP contribution in [0.15, 0.2) is 40.5 Å². The molecular formula is C24H28N2O5. The molecule has 1 unspecified atom stereocenters. The molecule has 31 heavy (non-hydrogen) atoms. The van der Waals surface area contributed by atoms with Crippen molar-refractivity contribution in [3.05, 3.63) is 51.2 Å². The quantitative estimate of drug-likeness (QED) is 0.389. The zero-order valence-corrected chi connectivity index (χ0v) is 18.2. The number of hydrogen-bond donors (Lipinski definition) is 0. The molecule has 3 aliphatic rings. The van der Waals surface area contributed by atoms with E-state index in [0.29, 0.717) is 35.4 Å². The maximum absolute atomic E-state index is 13.3. The number of aliphatic imine (C=N–C) groups is 1. The number of esters is 1. The topological polar surface area (TPSA) is 98.9 Å². The molecule has 0 aromatic heterocycles. The van der Waals surface area contributed by atoms with Gasteiger partial charge in [-0.05, 0) is 50.0 Å². The fraction of sp³-hybridized carbons (Fsp3) is 0.542. The Labute approximate surface area is 181 Å². The van der Waals surface area contributed by atoms with Gasteiger partial charge in [0.2, 0.25) is 0 Å². The average Bonchev–Trinajstić information content (AvgIpc) is 3.18. The number of benzene rings is 1. The van der Waals surface area contributed by atoms with Gasteiger partial charge in [-0.1, -0.05) is 26.0 Å². The summed E-state index contributed by atoms with van der Waals surface area (Å²) in [6, 6.07) is 6.24. The number of ketones is 1. The third-order valence-electron chi connectivity index (χ3n) is 6.58. The molecule has 1 saturated carbocycles. The van der Waals surface area contributed by atoms with Crippen LogP contribution in [0.4, 0.5) is 5.69 Å². The number of nitrogens with zero attached hydrogens (tertiary/aromatic N) is 2. The Morgan fingerprint density at radius 2 is 1.94 bits per heavy atom. The van der Waals surface area contributed by atoms with Gasteiger partial charge in [0.05, 0.1) is 4.92 Å². The highest BCUT2D eigenvalue weighted by molar-refractivity contribution is 6.09. The summed E-state index contributed by atoms with van der Waals surface area (Å²) in [6.45, 7) is 5.85. The largest absolute Gasteiger partial charge is 0.462 e. The summed E-state index contributed by atoms with van der Waals surface area (Å²) in [5, 5.41) is 11.4. The lowest BCUT2D eigenvalue weighted by Crippen LogP contribution is -2.40. The van der Waals surface area contributed by atoms with Crippen molar-refractivity contribution >= 4 is 23.2 Å². The molecule has 2 aliphatic carbocycles. The van der Waals surface area contributed by atoms with E-state index in [0.717, 1.165) is 25.7 Å². The number of rotatable bonds is 4. The maximum atomic E-state index is 13.3. The first-order valence-corrected chi connectivity index (χ1v) is 10.9. The summed E-state index contributed by atoms with van der Waals surface area (Å²) in [5.74, 6) is -1.82. The SMILES string of the molecule is CC1=NC2=C(C(=O)CC(C)(C)C2)[C@@H](c2cccc([N+](=O)[O-])c2)C1C(=O)OC1CCCC1. The van der Waals surface area contributed by atoms with E-state index in [1.807, 2.05) is 13.8 Å². The van der Waals surface area contributed by atoms with Gasteiger partial charge in [-0.2, -0.15) is 0 Å². The first kappa shape index (κ1) is 21.4. The molecule has 7 nitrogen and oxygen atoms in total. The fourth-order valence-electron chi connectivity index (χ4n) is 5.19. The summed E-state index contributed by atoms with van der Waals surface area (Å²) >= 11 is 0. The average molecular weight is 424 g/mol. The second-order valence-corrected chi connectivity index (χ2v) is 9.71. The molecule has 0 saturated heterocycles. The van der Waals surface area contributed by atoms with Crippen LogP contribution >= 0.6 is 0 Å². The zero-order valence-electron chi connectivity index (χ0n) is 18.2. The summed E-state index contributed by atoms with van der Waals surface area (Å²) in [6.07, 6.45) is 4.63. The van der Waals surface area contributed by atoms with E-state index in [4.69, 9.17) is 9.73 Å². The highest BCUT2D eigenvalue weighted by atomic mass is 16.6.